The van der Waals surface area contributed by atoms with Crippen LogP contribution in [-0.4, -0.2) is 25.5 Å². The van der Waals surface area contributed by atoms with Gasteiger partial charge in [0.2, 0.25) is 6.41 Å². The van der Waals surface area contributed by atoms with E-state index in [4.69, 9.17) is 9.47 Å². The van der Waals surface area contributed by atoms with E-state index in [0.717, 1.165) is 0 Å². The number of amides is 1. The predicted molar refractivity (Wildman–Crippen MR) is 60.9 cm³/mol. The summed E-state index contributed by atoms with van der Waals surface area (Å²) in [5.74, 6) is -0.201. The predicted octanol–water partition coefficient (Wildman–Crippen LogP) is 1.77. The molecule has 4 heteroatoms. The van der Waals surface area contributed by atoms with Gasteiger partial charge in [-0.3, -0.25) is 4.79 Å². The molecule has 1 N–H and O–H groups in total. The Morgan fingerprint density at radius 2 is 1.75 bits per heavy atom. The summed E-state index contributed by atoms with van der Waals surface area (Å²) in [6.45, 7) is 4.67. The van der Waals surface area contributed by atoms with Crippen LogP contribution >= 0.6 is 0 Å². The smallest absolute Gasteiger partial charge is 0.255 e. The largest absolute Gasteiger partial charge is 0.336 e. The molecule has 1 rings (SSSR count). The van der Waals surface area contributed by atoms with E-state index >= 15 is 0 Å². The Morgan fingerprint density at radius 1 is 1.19 bits per heavy atom. The van der Waals surface area contributed by atoms with Gasteiger partial charge >= 0.3 is 0 Å². The molecule has 0 aromatic heterocycles. The van der Waals surface area contributed by atoms with Crippen LogP contribution in [0.4, 0.5) is 0 Å². The van der Waals surface area contributed by atoms with Crippen molar-refractivity contribution in [1.29, 1.82) is 0 Å². The fourth-order valence-corrected chi connectivity index (χ4v) is 1.21. The van der Waals surface area contributed by atoms with Gasteiger partial charge in [-0.15, -0.1) is 0 Å². The fourth-order valence-electron chi connectivity index (χ4n) is 1.21. The second kappa shape index (κ2) is 6.98. The minimum absolute atomic E-state index is 0.201. The molecule has 0 bridgehead atoms. The van der Waals surface area contributed by atoms with Crippen molar-refractivity contribution in [2.75, 3.05) is 13.2 Å². The quantitative estimate of drug-likeness (QED) is 0.748. The third kappa shape index (κ3) is 4.00. The van der Waals surface area contributed by atoms with Gasteiger partial charge in [-0.2, -0.15) is 0 Å². The lowest BCUT2D eigenvalue weighted by molar-refractivity contribution is -0.147. The zero-order valence-corrected chi connectivity index (χ0v) is 9.60. The molecule has 88 valence electrons. The first-order valence-electron chi connectivity index (χ1n) is 5.37. The third-order valence-electron chi connectivity index (χ3n) is 1.92. The van der Waals surface area contributed by atoms with Gasteiger partial charge in [0.05, 0.1) is 0 Å². The van der Waals surface area contributed by atoms with E-state index in [0.29, 0.717) is 18.8 Å². The molecule has 0 saturated carbocycles. The number of carbonyl (C=O) groups excluding carboxylic acids is 1. The first-order chi connectivity index (χ1) is 7.77. The molecule has 0 spiro atoms. The summed E-state index contributed by atoms with van der Waals surface area (Å²) in [6, 6.07) is 8.96. The molecule has 0 unspecified atom stereocenters. The molecule has 0 aliphatic rings. The average molecular weight is 223 g/mol. The van der Waals surface area contributed by atoms with Crippen molar-refractivity contribution >= 4 is 5.91 Å². The van der Waals surface area contributed by atoms with Gasteiger partial charge in [0.1, 0.15) is 0 Å². The zero-order valence-electron chi connectivity index (χ0n) is 9.60. The van der Waals surface area contributed by atoms with E-state index < -0.39 is 6.41 Å². The highest BCUT2D eigenvalue weighted by molar-refractivity contribution is 5.94. The Labute approximate surface area is 95.6 Å². The van der Waals surface area contributed by atoms with Crippen LogP contribution < -0.4 is 5.32 Å². The monoisotopic (exact) mass is 223 g/mol. The van der Waals surface area contributed by atoms with Gasteiger partial charge in [-0.1, -0.05) is 18.2 Å². The van der Waals surface area contributed by atoms with Crippen LogP contribution in [0.1, 0.15) is 24.2 Å². The number of benzene rings is 1. The number of rotatable bonds is 6. The third-order valence-corrected chi connectivity index (χ3v) is 1.92. The van der Waals surface area contributed by atoms with Crippen molar-refractivity contribution in [2.24, 2.45) is 0 Å². The van der Waals surface area contributed by atoms with E-state index in [1.54, 1.807) is 12.1 Å². The molecule has 1 amide bonds. The average Bonchev–Trinajstić information content (AvgIpc) is 2.31. The molecule has 0 saturated heterocycles. The second-order valence-corrected chi connectivity index (χ2v) is 3.08. The topological polar surface area (TPSA) is 47.6 Å². The molecule has 16 heavy (non-hydrogen) atoms. The van der Waals surface area contributed by atoms with Crippen molar-refractivity contribution < 1.29 is 14.3 Å². The summed E-state index contributed by atoms with van der Waals surface area (Å²) < 4.78 is 10.4. The number of carbonyl (C=O) groups is 1. The van der Waals surface area contributed by atoms with Crippen LogP contribution in [-0.2, 0) is 9.47 Å². The molecule has 4 nitrogen and oxygen atoms in total. The summed E-state index contributed by atoms with van der Waals surface area (Å²) in [5, 5.41) is 2.65. The van der Waals surface area contributed by atoms with Crippen molar-refractivity contribution in [2.45, 2.75) is 20.3 Å². The molecule has 0 atom stereocenters. The lowest BCUT2D eigenvalue weighted by atomic mass is 10.2. The van der Waals surface area contributed by atoms with E-state index in [2.05, 4.69) is 5.32 Å². The Morgan fingerprint density at radius 3 is 2.25 bits per heavy atom. The Bertz CT molecular complexity index is 307. The van der Waals surface area contributed by atoms with Crippen LogP contribution in [0, 0.1) is 0 Å². The van der Waals surface area contributed by atoms with Gasteiger partial charge in [0.25, 0.3) is 5.91 Å². The first kappa shape index (κ1) is 12.7. The molecular formula is C12H17NO3. The molecule has 0 radical (unpaired) electrons. The van der Waals surface area contributed by atoms with E-state index in [9.17, 15) is 4.79 Å². The Balaban J connectivity index is 2.54. The molecule has 0 aliphatic heterocycles. The second-order valence-electron chi connectivity index (χ2n) is 3.08. The zero-order chi connectivity index (χ0) is 11.8. The van der Waals surface area contributed by atoms with E-state index in [-0.39, 0.29) is 5.91 Å². The van der Waals surface area contributed by atoms with Crippen LogP contribution in [0.3, 0.4) is 0 Å². The highest BCUT2D eigenvalue weighted by atomic mass is 16.7. The highest BCUT2D eigenvalue weighted by Gasteiger charge is 2.12. The number of hydrogen-bond acceptors (Lipinski definition) is 3. The summed E-state index contributed by atoms with van der Waals surface area (Å²) >= 11 is 0. The normalized spacial score (nSPS) is 10.4. The SMILES string of the molecule is CCOC(NC(=O)c1ccccc1)OCC. The maximum atomic E-state index is 11.7. The lowest BCUT2D eigenvalue weighted by Crippen LogP contribution is -2.39. The maximum Gasteiger partial charge on any atom is 0.255 e. The first-order valence-corrected chi connectivity index (χ1v) is 5.37. The Kier molecular flexibility index (Phi) is 5.53. The highest BCUT2D eigenvalue weighted by Crippen LogP contribution is 2.00. The Hall–Kier alpha value is -1.39. The van der Waals surface area contributed by atoms with Crippen molar-refractivity contribution in [3.8, 4) is 0 Å². The summed E-state index contributed by atoms with van der Waals surface area (Å²) in [6.07, 6.45) is -0.678. The van der Waals surface area contributed by atoms with Crippen LogP contribution in [0.5, 0.6) is 0 Å². The van der Waals surface area contributed by atoms with E-state index in [1.165, 1.54) is 0 Å². The molecule has 0 fully saturated rings. The fraction of sp³-hybridized carbons (Fsp3) is 0.417. The van der Waals surface area contributed by atoms with Gasteiger partial charge < -0.3 is 14.8 Å². The molecule has 0 heterocycles. The lowest BCUT2D eigenvalue weighted by Gasteiger charge is -2.17. The standard InChI is InChI=1S/C12H17NO3/c1-3-15-12(16-4-2)13-11(14)10-8-6-5-7-9-10/h5-9,12H,3-4H2,1-2H3,(H,13,14). The summed E-state index contributed by atoms with van der Waals surface area (Å²) in [4.78, 5) is 11.7. The molecule has 0 aliphatic carbocycles. The summed E-state index contributed by atoms with van der Waals surface area (Å²) in [7, 11) is 0. The minimum atomic E-state index is -0.678. The van der Waals surface area contributed by atoms with Crippen molar-refractivity contribution in [3.05, 3.63) is 35.9 Å². The van der Waals surface area contributed by atoms with Gasteiger partial charge in [0.15, 0.2) is 0 Å². The molecular weight excluding hydrogens is 206 g/mol. The number of hydrogen-bond donors (Lipinski definition) is 1. The number of nitrogens with one attached hydrogen (secondary N) is 1. The van der Waals surface area contributed by atoms with Crippen molar-refractivity contribution in [1.82, 2.24) is 5.32 Å². The van der Waals surface area contributed by atoms with Crippen LogP contribution in [0.2, 0.25) is 0 Å². The van der Waals surface area contributed by atoms with E-state index in [1.807, 2.05) is 32.0 Å². The minimum Gasteiger partial charge on any atom is -0.336 e. The number of ether oxygens (including phenoxy) is 2. The molecule has 1 aromatic carbocycles. The van der Waals surface area contributed by atoms with Crippen molar-refractivity contribution in [3.63, 3.8) is 0 Å². The molecule has 1 aromatic rings. The van der Waals surface area contributed by atoms with Gasteiger partial charge in [0, 0.05) is 18.8 Å². The van der Waals surface area contributed by atoms with Crippen LogP contribution in [0.15, 0.2) is 30.3 Å². The van der Waals surface area contributed by atoms with Gasteiger partial charge in [-0.05, 0) is 26.0 Å². The maximum absolute atomic E-state index is 11.7. The van der Waals surface area contributed by atoms with Gasteiger partial charge in [-0.25, -0.2) is 0 Å². The summed E-state index contributed by atoms with van der Waals surface area (Å²) in [5.41, 5.74) is 0.590. The van der Waals surface area contributed by atoms with Crippen LogP contribution in [0.25, 0.3) is 0 Å².